The number of aromatic carboxylic acids is 1. The number of hydrogen-bond acceptors (Lipinski definition) is 9. The molecule has 1 aromatic rings. The van der Waals surface area contributed by atoms with E-state index in [2.05, 4.69) is 0 Å². The first-order chi connectivity index (χ1) is 10.8. The first-order valence-electron chi connectivity index (χ1n) is 6.52. The third kappa shape index (κ3) is 3.30. The summed E-state index contributed by atoms with van der Waals surface area (Å²) in [6.45, 7) is -0.683. The van der Waals surface area contributed by atoms with Crippen LogP contribution in [-0.2, 0) is 4.74 Å². The number of benzene rings is 1. The van der Waals surface area contributed by atoms with Gasteiger partial charge in [-0.25, -0.2) is 4.79 Å². The Hall–Kier alpha value is -2.11. The monoisotopic (exact) mass is 332 g/mol. The summed E-state index contributed by atoms with van der Waals surface area (Å²) in [6.07, 6.45) is -7.91. The fourth-order valence-corrected chi connectivity index (χ4v) is 2.10. The van der Waals surface area contributed by atoms with Gasteiger partial charge in [0.1, 0.15) is 24.4 Å². The van der Waals surface area contributed by atoms with Crippen molar-refractivity contribution >= 4 is 5.97 Å². The SMILES string of the molecule is O=C(O)c1cc(O)c(O)c(O[C@H]2O[C@@H](CO)[C@H](O)[C@H](O)[C@@H]2O)c1. The van der Waals surface area contributed by atoms with Crippen LogP contribution in [-0.4, -0.2) is 79.0 Å². The fraction of sp³-hybridized carbons (Fsp3) is 0.462. The van der Waals surface area contributed by atoms with Crippen molar-refractivity contribution in [2.75, 3.05) is 6.61 Å². The third-order valence-corrected chi connectivity index (χ3v) is 3.39. The summed E-state index contributed by atoms with van der Waals surface area (Å²) in [5.74, 6) is -3.50. The molecule has 0 amide bonds. The van der Waals surface area contributed by atoms with Gasteiger partial charge in [-0.15, -0.1) is 0 Å². The molecular weight excluding hydrogens is 316 g/mol. The van der Waals surface area contributed by atoms with Crippen LogP contribution in [0.3, 0.4) is 0 Å². The molecule has 0 aliphatic carbocycles. The first-order valence-corrected chi connectivity index (χ1v) is 6.52. The molecule has 10 heteroatoms. The van der Waals surface area contributed by atoms with Crippen LogP contribution in [0.5, 0.6) is 17.2 Å². The normalized spacial score (nSPS) is 30.9. The maximum atomic E-state index is 10.9. The second-order valence-electron chi connectivity index (χ2n) is 4.96. The Kier molecular flexibility index (Phi) is 4.92. The van der Waals surface area contributed by atoms with Crippen molar-refractivity contribution in [1.29, 1.82) is 0 Å². The van der Waals surface area contributed by atoms with Crippen LogP contribution >= 0.6 is 0 Å². The van der Waals surface area contributed by atoms with E-state index in [4.69, 9.17) is 19.7 Å². The van der Waals surface area contributed by atoms with E-state index in [0.717, 1.165) is 12.1 Å². The molecule has 1 aromatic carbocycles. The molecule has 0 radical (unpaired) electrons. The van der Waals surface area contributed by atoms with Gasteiger partial charge in [-0.05, 0) is 12.1 Å². The number of phenols is 2. The number of hydrogen-bond donors (Lipinski definition) is 7. The van der Waals surface area contributed by atoms with Crippen molar-refractivity contribution in [2.24, 2.45) is 0 Å². The van der Waals surface area contributed by atoms with Crippen LogP contribution in [0.4, 0.5) is 0 Å². The molecule has 10 nitrogen and oxygen atoms in total. The Morgan fingerprint density at radius 2 is 1.78 bits per heavy atom. The van der Waals surface area contributed by atoms with E-state index in [1.807, 2.05) is 0 Å². The smallest absolute Gasteiger partial charge is 0.335 e. The number of aromatic hydroxyl groups is 2. The van der Waals surface area contributed by atoms with Crippen LogP contribution in [0.1, 0.15) is 10.4 Å². The fourth-order valence-electron chi connectivity index (χ4n) is 2.10. The highest BCUT2D eigenvalue weighted by molar-refractivity contribution is 5.89. The Labute approximate surface area is 129 Å². The molecule has 23 heavy (non-hydrogen) atoms. The second kappa shape index (κ2) is 6.56. The maximum Gasteiger partial charge on any atom is 0.335 e. The first kappa shape index (κ1) is 17.2. The predicted molar refractivity (Wildman–Crippen MR) is 71.1 cm³/mol. The minimum Gasteiger partial charge on any atom is -0.504 e. The van der Waals surface area contributed by atoms with Crippen molar-refractivity contribution in [3.63, 3.8) is 0 Å². The van der Waals surface area contributed by atoms with Gasteiger partial charge in [0.25, 0.3) is 0 Å². The molecule has 0 spiro atoms. The number of carboxylic acids is 1. The van der Waals surface area contributed by atoms with Gasteiger partial charge in [-0.2, -0.15) is 0 Å². The van der Waals surface area contributed by atoms with Gasteiger partial charge >= 0.3 is 5.97 Å². The molecule has 128 valence electrons. The van der Waals surface area contributed by atoms with E-state index < -0.39 is 66.1 Å². The minimum atomic E-state index is -1.75. The van der Waals surface area contributed by atoms with E-state index in [0.29, 0.717) is 0 Å². The zero-order valence-electron chi connectivity index (χ0n) is 11.6. The lowest BCUT2D eigenvalue weighted by atomic mass is 9.99. The van der Waals surface area contributed by atoms with Crippen LogP contribution in [0.25, 0.3) is 0 Å². The Morgan fingerprint density at radius 1 is 1.13 bits per heavy atom. The highest BCUT2D eigenvalue weighted by atomic mass is 16.7. The van der Waals surface area contributed by atoms with Crippen LogP contribution in [0.2, 0.25) is 0 Å². The molecule has 1 heterocycles. The molecule has 1 saturated heterocycles. The third-order valence-electron chi connectivity index (χ3n) is 3.39. The molecule has 5 atom stereocenters. The Morgan fingerprint density at radius 3 is 2.35 bits per heavy atom. The number of ether oxygens (including phenoxy) is 2. The van der Waals surface area contributed by atoms with E-state index in [1.54, 1.807) is 0 Å². The van der Waals surface area contributed by atoms with Gasteiger partial charge in [0.2, 0.25) is 12.0 Å². The zero-order chi connectivity index (χ0) is 17.3. The molecule has 1 aliphatic heterocycles. The summed E-state index contributed by atoms with van der Waals surface area (Å²) in [4.78, 5) is 10.9. The highest BCUT2D eigenvalue weighted by Gasteiger charge is 2.45. The second-order valence-corrected chi connectivity index (χ2v) is 4.96. The minimum absolute atomic E-state index is 0.403. The van der Waals surface area contributed by atoms with E-state index in [-0.39, 0.29) is 0 Å². The number of carboxylic acid groups (broad SMARTS) is 1. The maximum absolute atomic E-state index is 10.9. The lowest BCUT2D eigenvalue weighted by molar-refractivity contribution is -0.277. The van der Waals surface area contributed by atoms with E-state index in [1.165, 1.54) is 0 Å². The molecule has 0 unspecified atom stereocenters. The molecule has 1 fully saturated rings. The van der Waals surface area contributed by atoms with Gasteiger partial charge < -0.3 is 45.2 Å². The molecular formula is C13H16O10. The average Bonchev–Trinajstić information content (AvgIpc) is 2.51. The number of aliphatic hydroxyl groups is 4. The van der Waals surface area contributed by atoms with Crippen LogP contribution in [0, 0.1) is 0 Å². The van der Waals surface area contributed by atoms with Gasteiger partial charge in [0, 0.05) is 0 Å². The largest absolute Gasteiger partial charge is 0.504 e. The van der Waals surface area contributed by atoms with Crippen molar-refractivity contribution in [3.05, 3.63) is 17.7 Å². The zero-order valence-corrected chi connectivity index (χ0v) is 11.6. The molecule has 0 bridgehead atoms. The Balaban J connectivity index is 2.29. The summed E-state index contributed by atoms with van der Waals surface area (Å²) in [7, 11) is 0. The molecule has 7 N–H and O–H groups in total. The van der Waals surface area contributed by atoms with Crippen LogP contribution in [0.15, 0.2) is 12.1 Å². The van der Waals surface area contributed by atoms with Crippen molar-refractivity contribution in [1.82, 2.24) is 0 Å². The van der Waals surface area contributed by atoms with Gasteiger partial charge in [-0.3, -0.25) is 0 Å². The molecule has 0 saturated carbocycles. The van der Waals surface area contributed by atoms with Gasteiger partial charge in [0.15, 0.2) is 11.5 Å². The highest BCUT2D eigenvalue weighted by Crippen LogP contribution is 2.38. The van der Waals surface area contributed by atoms with Gasteiger partial charge in [0.05, 0.1) is 12.2 Å². The van der Waals surface area contributed by atoms with E-state index in [9.17, 15) is 30.3 Å². The number of carbonyl (C=O) groups is 1. The topological polar surface area (TPSA) is 177 Å². The number of phenolic OH excluding ortho intramolecular Hbond substituents is 2. The summed E-state index contributed by atoms with van der Waals surface area (Å²) in [5.41, 5.74) is -0.403. The lowest BCUT2D eigenvalue weighted by Gasteiger charge is -2.39. The van der Waals surface area contributed by atoms with Gasteiger partial charge in [-0.1, -0.05) is 0 Å². The number of aliphatic hydroxyl groups excluding tert-OH is 4. The van der Waals surface area contributed by atoms with E-state index >= 15 is 0 Å². The summed E-state index contributed by atoms with van der Waals surface area (Å²) >= 11 is 0. The lowest BCUT2D eigenvalue weighted by Crippen LogP contribution is -2.60. The molecule has 0 aromatic heterocycles. The average molecular weight is 332 g/mol. The molecule has 1 aliphatic rings. The quantitative estimate of drug-likeness (QED) is 0.304. The summed E-state index contributed by atoms with van der Waals surface area (Å²) < 4.78 is 10.2. The van der Waals surface area contributed by atoms with Crippen molar-refractivity contribution in [3.8, 4) is 17.2 Å². The van der Waals surface area contributed by atoms with Crippen molar-refractivity contribution in [2.45, 2.75) is 30.7 Å². The van der Waals surface area contributed by atoms with Crippen molar-refractivity contribution < 1.29 is 50.0 Å². The Bertz CT molecular complexity index is 586. The van der Waals surface area contributed by atoms with Crippen LogP contribution < -0.4 is 4.74 Å². The summed E-state index contributed by atoms with van der Waals surface area (Å²) in [6, 6.07) is 1.66. The summed E-state index contributed by atoms with van der Waals surface area (Å²) in [5, 5.41) is 66.3. The number of rotatable bonds is 4. The standard InChI is InChI=1S/C13H16O10/c14-3-7-9(17)10(18)11(19)13(23-7)22-6-2-4(12(20)21)1-5(15)8(6)16/h1-2,7,9-11,13-19H,3H2,(H,20,21)/t7-,9-,10-,11-,13-/m0/s1. The molecule has 2 rings (SSSR count). The predicted octanol–water partition coefficient (Wildman–Crippen LogP) is -2.03.